The Morgan fingerprint density at radius 1 is 1.83 bits per heavy atom. The SMILES string of the molecule is COCNC(=O)c1cc(C)on1. The third-order valence-electron chi connectivity index (χ3n) is 1.24. The Kier molecular flexibility index (Phi) is 2.82. The van der Waals surface area contributed by atoms with E-state index in [0.717, 1.165) is 0 Å². The van der Waals surface area contributed by atoms with Crippen LogP contribution < -0.4 is 5.32 Å². The molecule has 0 saturated carbocycles. The first-order chi connectivity index (χ1) is 5.74. The molecular weight excluding hydrogens is 160 g/mol. The molecule has 0 unspecified atom stereocenters. The van der Waals surface area contributed by atoms with Crippen molar-refractivity contribution in [3.8, 4) is 0 Å². The van der Waals surface area contributed by atoms with Crippen LogP contribution in [0.1, 0.15) is 16.2 Å². The largest absolute Gasteiger partial charge is 0.364 e. The average Bonchev–Trinajstić information content (AvgIpc) is 2.47. The molecule has 5 nitrogen and oxygen atoms in total. The van der Waals surface area contributed by atoms with Crippen LogP contribution in [0, 0.1) is 6.92 Å². The number of hydrogen-bond acceptors (Lipinski definition) is 4. The van der Waals surface area contributed by atoms with Crippen molar-refractivity contribution in [3.05, 3.63) is 17.5 Å². The van der Waals surface area contributed by atoms with Crippen molar-refractivity contribution in [1.82, 2.24) is 10.5 Å². The second-order valence-corrected chi connectivity index (χ2v) is 2.26. The number of rotatable bonds is 3. The first-order valence-corrected chi connectivity index (χ1v) is 3.44. The average molecular weight is 170 g/mol. The molecule has 1 N–H and O–H groups in total. The van der Waals surface area contributed by atoms with Crippen LogP contribution in [0.2, 0.25) is 0 Å². The summed E-state index contributed by atoms with van der Waals surface area (Å²) in [5.74, 6) is 0.311. The van der Waals surface area contributed by atoms with E-state index in [0.29, 0.717) is 5.76 Å². The third kappa shape index (κ3) is 2.06. The molecule has 0 aliphatic heterocycles. The Bertz CT molecular complexity index is 269. The van der Waals surface area contributed by atoms with E-state index in [1.165, 1.54) is 7.11 Å². The van der Waals surface area contributed by atoms with Gasteiger partial charge in [-0.3, -0.25) is 4.79 Å². The number of carbonyl (C=O) groups excluding carboxylic acids is 1. The van der Waals surface area contributed by atoms with Gasteiger partial charge in [0.2, 0.25) is 0 Å². The third-order valence-corrected chi connectivity index (χ3v) is 1.24. The lowest BCUT2D eigenvalue weighted by molar-refractivity contribution is 0.0863. The lowest BCUT2D eigenvalue weighted by Gasteiger charge is -1.98. The number of nitrogens with one attached hydrogen (secondary N) is 1. The number of carbonyl (C=O) groups is 1. The summed E-state index contributed by atoms with van der Waals surface area (Å²) in [6, 6.07) is 1.56. The van der Waals surface area contributed by atoms with Crippen molar-refractivity contribution < 1.29 is 14.1 Å². The lowest BCUT2D eigenvalue weighted by atomic mass is 10.4. The molecule has 0 atom stereocenters. The van der Waals surface area contributed by atoms with Gasteiger partial charge in [-0.05, 0) is 6.92 Å². The van der Waals surface area contributed by atoms with Gasteiger partial charge >= 0.3 is 0 Å². The zero-order valence-corrected chi connectivity index (χ0v) is 6.96. The number of methoxy groups -OCH3 is 1. The maximum absolute atomic E-state index is 11.1. The van der Waals surface area contributed by atoms with Gasteiger partial charge in [-0.15, -0.1) is 0 Å². The molecule has 1 amide bonds. The summed E-state index contributed by atoms with van der Waals surface area (Å²) in [5, 5.41) is 6.00. The molecule has 66 valence electrons. The number of nitrogens with zero attached hydrogens (tertiary/aromatic N) is 1. The first-order valence-electron chi connectivity index (χ1n) is 3.44. The Morgan fingerprint density at radius 2 is 2.58 bits per heavy atom. The molecule has 0 saturated heterocycles. The van der Waals surface area contributed by atoms with Gasteiger partial charge < -0.3 is 14.6 Å². The zero-order chi connectivity index (χ0) is 8.97. The molecule has 0 aliphatic rings. The van der Waals surface area contributed by atoms with Crippen LogP contribution in [0.4, 0.5) is 0 Å². The molecule has 0 spiro atoms. The van der Waals surface area contributed by atoms with E-state index >= 15 is 0 Å². The number of ether oxygens (including phenoxy) is 1. The minimum Gasteiger partial charge on any atom is -0.364 e. The number of amides is 1. The van der Waals surface area contributed by atoms with E-state index in [1.807, 2.05) is 0 Å². The molecule has 1 heterocycles. The minimum absolute atomic E-state index is 0.171. The molecule has 12 heavy (non-hydrogen) atoms. The highest BCUT2D eigenvalue weighted by molar-refractivity contribution is 5.92. The molecule has 0 bridgehead atoms. The van der Waals surface area contributed by atoms with E-state index < -0.39 is 0 Å². The predicted molar refractivity (Wildman–Crippen MR) is 40.6 cm³/mol. The van der Waals surface area contributed by atoms with Crippen molar-refractivity contribution in [3.63, 3.8) is 0 Å². The van der Waals surface area contributed by atoms with Gasteiger partial charge in [-0.1, -0.05) is 5.16 Å². The molecule has 1 aromatic rings. The van der Waals surface area contributed by atoms with Gasteiger partial charge in [0, 0.05) is 13.2 Å². The van der Waals surface area contributed by atoms with Crippen LogP contribution >= 0.6 is 0 Å². The maximum atomic E-state index is 11.1. The second kappa shape index (κ2) is 3.87. The summed E-state index contributed by atoms with van der Waals surface area (Å²) >= 11 is 0. The molecular formula is C7H10N2O3. The van der Waals surface area contributed by atoms with Gasteiger partial charge in [-0.25, -0.2) is 0 Å². The van der Waals surface area contributed by atoms with Crippen molar-refractivity contribution in [1.29, 1.82) is 0 Å². The fraction of sp³-hybridized carbons (Fsp3) is 0.429. The van der Waals surface area contributed by atoms with Crippen LogP contribution in [0.3, 0.4) is 0 Å². The van der Waals surface area contributed by atoms with Crippen LogP contribution in [-0.4, -0.2) is 24.9 Å². The summed E-state index contributed by atoms with van der Waals surface area (Å²) in [6.07, 6.45) is 0. The van der Waals surface area contributed by atoms with E-state index in [2.05, 4.69) is 15.2 Å². The van der Waals surface area contributed by atoms with Crippen LogP contribution in [0.5, 0.6) is 0 Å². The normalized spacial score (nSPS) is 9.83. The van der Waals surface area contributed by atoms with Crippen molar-refractivity contribution in [2.45, 2.75) is 6.92 Å². The van der Waals surface area contributed by atoms with Crippen molar-refractivity contribution >= 4 is 5.91 Å². The number of aromatic nitrogens is 1. The summed E-state index contributed by atoms with van der Waals surface area (Å²) in [4.78, 5) is 11.1. The van der Waals surface area contributed by atoms with Crippen molar-refractivity contribution in [2.24, 2.45) is 0 Å². The van der Waals surface area contributed by atoms with Gasteiger partial charge in [0.25, 0.3) is 5.91 Å². The fourth-order valence-corrected chi connectivity index (χ4v) is 0.702. The molecule has 0 aliphatic carbocycles. The van der Waals surface area contributed by atoms with E-state index in [9.17, 15) is 4.79 Å². The monoisotopic (exact) mass is 170 g/mol. The first kappa shape index (κ1) is 8.73. The molecule has 0 fully saturated rings. The zero-order valence-electron chi connectivity index (χ0n) is 6.96. The lowest BCUT2D eigenvalue weighted by Crippen LogP contribution is -2.25. The fourth-order valence-electron chi connectivity index (χ4n) is 0.702. The summed E-state index contributed by atoms with van der Waals surface area (Å²) in [5.41, 5.74) is 0.268. The summed E-state index contributed by atoms with van der Waals surface area (Å²) in [7, 11) is 1.49. The highest BCUT2D eigenvalue weighted by Gasteiger charge is 2.08. The van der Waals surface area contributed by atoms with E-state index in [-0.39, 0.29) is 18.3 Å². The number of hydrogen-bond donors (Lipinski definition) is 1. The second-order valence-electron chi connectivity index (χ2n) is 2.26. The van der Waals surface area contributed by atoms with Crippen LogP contribution in [-0.2, 0) is 4.74 Å². The Labute approximate surface area is 69.7 Å². The highest BCUT2D eigenvalue weighted by atomic mass is 16.5. The van der Waals surface area contributed by atoms with Gasteiger partial charge in [0.05, 0.1) is 0 Å². The molecule has 5 heteroatoms. The van der Waals surface area contributed by atoms with Gasteiger partial charge in [0.1, 0.15) is 12.5 Å². The molecule has 0 radical (unpaired) electrons. The Morgan fingerprint density at radius 3 is 3.08 bits per heavy atom. The van der Waals surface area contributed by atoms with Crippen LogP contribution in [0.15, 0.2) is 10.6 Å². The van der Waals surface area contributed by atoms with Crippen molar-refractivity contribution in [2.75, 3.05) is 13.8 Å². The van der Waals surface area contributed by atoms with Gasteiger partial charge in [0.15, 0.2) is 5.69 Å². The topological polar surface area (TPSA) is 64.4 Å². The quantitative estimate of drug-likeness (QED) is 0.663. The molecule has 0 aromatic carbocycles. The maximum Gasteiger partial charge on any atom is 0.275 e. The summed E-state index contributed by atoms with van der Waals surface area (Å²) < 4.78 is 9.36. The predicted octanol–water partition coefficient (Wildman–Crippen LogP) is 0.317. The minimum atomic E-state index is -0.297. The Balaban J connectivity index is 2.53. The molecule has 1 aromatic heterocycles. The highest BCUT2D eigenvalue weighted by Crippen LogP contribution is 2.00. The number of aryl methyl sites for hydroxylation is 1. The smallest absolute Gasteiger partial charge is 0.275 e. The van der Waals surface area contributed by atoms with E-state index in [4.69, 9.17) is 4.52 Å². The van der Waals surface area contributed by atoms with Crippen LogP contribution in [0.25, 0.3) is 0 Å². The van der Waals surface area contributed by atoms with E-state index in [1.54, 1.807) is 13.0 Å². The summed E-state index contributed by atoms with van der Waals surface area (Å²) in [6.45, 7) is 1.89. The Hall–Kier alpha value is -1.36. The standard InChI is InChI=1S/C7H10N2O3/c1-5-3-6(9-12-5)7(10)8-4-11-2/h3H,4H2,1-2H3,(H,8,10). The van der Waals surface area contributed by atoms with Gasteiger partial charge in [-0.2, -0.15) is 0 Å². The molecule has 1 rings (SSSR count).